The highest BCUT2D eigenvalue weighted by molar-refractivity contribution is 9.08. The molecule has 1 N–H and O–H groups in total. The summed E-state index contributed by atoms with van der Waals surface area (Å²) in [5, 5.41) is 0.730. The Hall–Kier alpha value is -0.390. The van der Waals surface area contributed by atoms with E-state index in [0.29, 0.717) is 10.8 Å². The second-order valence-corrected chi connectivity index (χ2v) is 7.62. The molecule has 1 fully saturated rings. The van der Waals surface area contributed by atoms with Crippen LogP contribution in [0.5, 0.6) is 0 Å². The number of nitrogens with one attached hydrogen (secondary N) is 1. The average molecular weight is 332 g/mol. The van der Waals surface area contributed by atoms with Crippen LogP contribution < -0.4 is 4.72 Å². The molecule has 18 heavy (non-hydrogen) atoms. The molecule has 5 heteroatoms. The number of rotatable bonds is 5. The maximum absolute atomic E-state index is 12.3. The third kappa shape index (κ3) is 3.13. The first kappa shape index (κ1) is 14.0. The average Bonchev–Trinajstić information content (AvgIpc) is 3.12. The zero-order valence-corrected chi connectivity index (χ0v) is 13.0. The molecule has 1 aromatic carbocycles. The molecule has 0 bridgehead atoms. The second kappa shape index (κ2) is 4.94. The van der Waals surface area contributed by atoms with E-state index in [-0.39, 0.29) is 5.54 Å². The molecular weight excluding hydrogens is 314 g/mol. The van der Waals surface area contributed by atoms with E-state index in [1.165, 1.54) is 0 Å². The topological polar surface area (TPSA) is 46.2 Å². The van der Waals surface area contributed by atoms with E-state index < -0.39 is 10.0 Å². The molecule has 1 aromatic rings. The van der Waals surface area contributed by atoms with Crippen LogP contribution in [0.4, 0.5) is 0 Å². The summed E-state index contributed by atoms with van der Waals surface area (Å²) < 4.78 is 27.3. The molecule has 0 aromatic heterocycles. The monoisotopic (exact) mass is 331 g/mol. The Morgan fingerprint density at radius 1 is 1.28 bits per heavy atom. The Labute approximate surface area is 117 Å². The molecule has 1 aliphatic rings. The van der Waals surface area contributed by atoms with Gasteiger partial charge >= 0.3 is 0 Å². The summed E-state index contributed by atoms with van der Waals surface area (Å²) in [6.07, 6.45) is 2.22. The zero-order chi connectivity index (χ0) is 13.4. The van der Waals surface area contributed by atoms with Crippen molar-refractivity contribution in [2.75, 3.05) is 0 Å². The van der Waals surface area contributed by atoms with Crippen LogP contribution in [0.25, 0.3) is 0 Å². The van der Waals surface area contributed by atoms with Gasteiger partial charge in [-0.15, -0.1) is 0 Å². The molecule has 0 saturated heterocycles. The fraction of sp³-hybridized carbons (Fsp3) is 0.538. The van der Waals surface area contributed by atoms with Crippen molar-refractivity contribution in [2.45, 2.75) is 42.5 Å². The van der Waals surface area contributed by atoms with Gasteiger partial charge in [-0.25, -0.2) is 13.1 Å². The molecule has 0 atom stereocenters. The lowest BCUT2D eigenvalue weighted by Gasteiger charge is -2.25. The van der Waals surface area contributed by atoms with E-state index in [1.54, 1.807) is 12.1 Å². The lowest BCUT2D eigenvalue weighted by molar-refractivity contribution is 0.400. The molecule has 0 heterocycles. The van der Waals surface area contributed by atoms with Gasteiger partial charge in [-0.05, 0) is 50.3 Å². The highest BCUT2D eigenvalue weighted by atomic mass is 79.9. The molecule has 2 rings (SSSR count). The molecule has 0 aliphatic heterocycles. The largest absolute Gasteiger partial charge is 0.241 e. The first-order valence-corrected chi connectivity index (χ1v) is 8.64. The molecule has 0 spiro atoms. The van der Waals surface area contributed by atoms with Crippen molar-refractivity contribution in [3.8, 4) is 0 Å². The van der Waals surface area contributed by atoms with Gasteiger partial charge in [0, 0.05) is 10.9 Å². The van der Waals surface area contributed by atoms with E-state index in [4.69, 9.17) is 0 Å². The van der Waals surface area contributed by atoms with E-state index in [0.717, 1.165) is 23.7 Å². The van der Waals surface area contributed by atoms with E-state index >= 15 is 0 Å². The Bertz CT molecular complexity index is 518. The summed E-state index contributed by atoms with van der Waals surface area (Å²) in [4.78, 5) is 0.334. The Kier molecular flexibility index (Phi) is 3.85. The molecule has 0 radical (unpaired) electrons. The van der Waals surface area contributed by atoms with Gasteiger partial charge in [0.15, 0.2) is 0 Å². The molecule has 100 valence electrons. The molecule has 3 nitrogen and oxygen atoms in total. The van der Waals surface area contributed by atoms with Gasteiger partial charge in [-0.2, -0.15) is 0 Å². The van der Waals surface area contributed by atoms with Crippen LogP contribution in [-0.4, -0.2) is 14.0 Å². The van der Waals surface area contributed by atoms with Gasteiger partial charge in [-0.3, -0.25) is 0 Å². The van der Waals surface area contributed by atoms with Crippen LogP contribution >= 0.6 is 15.9 Å². The van der Waals surface area contributed by atoms with Crippen LogP contribution in [0, 0.1) is 5.92 Å². The first-order valence-electron chi connectivity index (χ1n) is 6.04. The van der Waals surface area contributed by atoms with Gasteiger partial charge in [-0.1, -0.05) is 28.1 Å². The lowest BCUT2D eigenvalue weighted by atomic mass is 10.0. The van der Waals surface area contributed by atoms with Crippen LogP contribution in [0.15, 0.2) is 29.2 Å². The number of halogens is 1. The quantitative estimate of drug-likeness (QED) is 0.843. The minimum Gasteiger partial charge on any atom is -0.207 e. The molecule has 0 unspecified atom stereocenters. The maximum Gasteiger partial charge on any atom is 0.241 e. The number of sulfonamides is 1. The van der Waals surface area contributed by atoms with Crippen molar-refractivity contribution >= 4 is 26.0 Å². The summed E-state index contributed by atoms with van der Waals surface area (Å²) in [5.41, 5.74) is 0.711. The highest BCUT2D eigenvalue weighted by Crippen LogP contribution is 2.39. The maximum atomic E-state index is 12.3. The summed E-state index contributed by atoms with van der Waals surface area (Å²) in [6.45, 7) is 3.91. The van der Waals surface area contributed by atoms with Gasteiger partial charge in [0.05, 0.1) is 4.90 Å². The van der Waals surface area contributed by atoms with Gasteiger partial charge in [0.1, 0.15) is 0 Å². The predicted molar refractivity (Wildman–Crippen MR) is 76.2 cm³/mol. The normalized spacial score (nSPS) is 16.8. The van der Waals surface area contributed by atoms with Crippen molar-refractivity contribution in [2.24, 2.45) is 5.92 Å². The van der Waals surface area contributed by atoms with Crippen molar-refractivity contribution in [1.29, 1.82) is 0 Å². The minimum atomic E-state index is -3.41. The van der Waals surface area contributed by atoms with Crippen molar-refractivity contribution < 1.29 is 8.42 Å². The Morgan fingerprint density at radius 2 is 1.83 bits per heavy atom. The standard InChI is InChI=1S/C13H18BrNO2S/c1-13(2,11-5-6-11)15-18(16,17)12-7-3-10(9-14)4-8-12/h3-4,7-8,11,15H,5-6,9H2,1-2H3. The van der Waals surface area contributed by atoms with Crippen LogP contribution in [0.1, 0.15) is 32.3 Å². The van der Waals surface area contributed by atoms with Gasteiger partial charge in [0.25, 0.3) is 0 Å². The van der Waals surface area contributed by atoms with Crippen LogP contribution in [0.3, 0.4) is 0 Å². The highest BCUT2D eigenvalue weighted by Gasteiger charge is 2.40. The van der Waals surface area contributed by atoms with Crippen molar-refractivity contribution in [3.05, 3.63) is 29.8 Å². The number of hydrogen-bond acceptors (Lipinski definition) is 2. The van der Waals surface area contributed by atoms with E-state index in [2.05, 4.69) is 20.7 Å². The number of benzene rings is 1. The van der Waals surface area contributed by atoms with E-state index in [9.17, 15) is 8.42 Å². The summed E-state index contributed by atoms with van der Waals surface area (Å²) in [6, 6.07) is 6.96. The van der Waals surface area contributed by atoms with Crippen molar-refractivity contribution in [1.82, 2.24) is 4.72 Å². The second-order valence-electron chi connectivity index (χ2n) is 5.38. The smallest absolute Gasteiger partial charge is 0.207 e. The van der Waals surface area contributed by atoms with Crippen LogP contribution in [-0.2, 0) is 15.4 Å². The van der Waals surface area contributed by atoms with Gasteiger partial charge in [0.2, 0.25) is 10.0 Å². The molecule has 1 saturated carbocycles. The third-order valence-electron chi connectivity index (χ3n) is 3.38. The summed E-state index contributed by atoms with van der Waals surface area (Å²) in [5.74, 6) is 0.467. The number of alkyl halides is 1. The SMILES string of the molecule is CC(C)(NS(=O)(=O)c1ccc(CBr)cc1)C1CC1. The summed E-state index contributed by atoms with van der Waals surface area (Å²) in [7, 11) is -3.41. The minimum absolute atomic E-state index is 0.334. The van der Waals surface area contributed by atoms with Crippen LogP contribution in [0.2, 0.25) is 0 Å². The zero-order valence-electron chi connectivity index (χ0n) is 10.6. The Morgan fingerprint density at radius 3 is 2.28 bits per heavy atom. The molecule has 0 amide bonds. The van der Waals surface area contributed by atoms with E-state index in [1.807, 2.05) is 26.0 Å². The third-order valence-corrected chi connectivity index (χ3v) is 5.72. The van der Waals surface area contributed by atoms with Crippen molar-refractivity contribution in [3.63, 3.8) is 0 Å². The molecule has 1 aliphatic carbocycles. The first-order chi connectivity index (χ1) is 8.35. The summed E-state index contributed by atoms with van der Waals surface area (Å²) >= 11 is 3.34. The lowest BCUT2D eigenvalue weighted by Crippen LogP contribution is -2.45. The number of hydrogen-bond donors (Lipinski definition) is 1. The predicted octanol–water partition coefficient (Wildman–Crippen LogP) is 3.05. The Balaban J connectivity index is 2.19. The molecular formula is C13H18BrNO2S. The fourth-order valence-corrected chi connectivity index (χ4v) is 3.90. The van der Waals surface area contributed by atoms with Gasteiger partial charge < -0.3 is 0 Å². The fourth-order valence-electron chi connectivity index (χ4n) is 2.05.